The largest absolute Gasteiger partial charge is 0.479 e. The van der Waals surface area contributed by atoms with Crippen molar-refractivity contribution in [3.8, 4) is 28.4 Å². The third-order valence-electron chi connectivity index (χ3n) is 6.29. The second kappa shape index (κ2) is 13.2. The minimum atomic E-state index is -0.976. The van der Waals surface area contributed by atoms with Gasteiger partial charge in [0.25, 0.3) is 5.78 Å². The third kappa shape index (κ3) is 6.78. The van der Waals surface area contributed by atoms with E-state index >= 15 is 0 Å². The van der Waals surface area contributed by atoms with Crippen molar-refractivity contribution in [2.75, 3.05) is 13.7 Å². The van der Waals surface area contributed by atoms with Crippen LogP contribution in [0.25, 0.3) is 22.5 Å². The average Bonchev–Trinajstić information content (AvgIpc) is 3.54. The lowest BCUT2D eigenvalue weighted by Crippen LogP contribution is -2.42. The Bertz CT molecular complexity index is 1560. The maximum absolute atomic E-state index is 13.1. The molecule has 0 spiro atoms. The van der Waals surface area contributed by atoms with Crippen molar-refractivity contribution in [3.05, 3.63) is 81.7 Å². The highest BCUT2D eigenvalue weighted by molar-refractivity contribution is 7.15. The van der Waals surface area contributed by atoms with Crippen LogP contribution in [0.2, 0.25) is 0 Å². The first-order chi connectivity index (χ1) is 19.7. The molecule has 0 atom stereocenters. The monoisotopic (exact) mass is 572 g/mol. The van der Waals surface area contributed by atoms with E-state index in [1.807, 2.05) is 65.2 Å². The number of thiophene rings is 1. The molecule has 0 unspecified atom stereocenters. The van der Waals surface area contributed by atoms with Crippen LogP contribution in [0.1, 0.15) is 51.4 Å². The highest BCUT2D eigenvalue weighted by Crippen LogP contribution is 2.34. The summed E-state index contributed by atoms with van der Waals surface area (Å²) in [6, 6.07) is 18.4. The molecule has 4 rings (SSSR count). The highest BCUT2D eigenvalue weighted by Gasteiger charge is 2.25. The molecule has 2 aromatic heterocycles. The van der Waals surface area contributed by atoms with Gasteiger partial charge >= 0.3 is 11.9 Å². The summed E-state index contributed by atoms with van der Waals surface area (Å²) < 4.78 is 7.17. The van der Waals surface area contributed by atoms with E-state index in [1.54, 1.807) is 6.92 Å². The quantitative estimate of drug-likeness (QED) is 0.142. The zero-order valence-corrected chi connectivity index (χ0v) is 24.2. The number of benzene rings is 2. The van der Waals surface area contributed by atoms with Crippen molar-refractivity contribution in [2.45, 2.75) is 33.7 Å². The summed E-state index contributed by atoms with van der Waals surface area (Å²) in [5.41, 5.74) is 3.47. The molecule has 2 heterocycles. The number of nitrogens with zero attached hydrogens (tertiary/aromatic N) is 2. The Morgan fingerprint density at radius 2 is 1.76 bits per heavy atom. The topological polar surface area (TPSA) is 119 Å². The van der Waals surface area contributed by atoms with Crippen LogP contribution >= 0.6 is 11.3 Å². The first-order valence-corrected chi connectivity index (χ1v) is 14.1. The zero-order chi connectivity index (χ0) is 29.5. The van der Waals surface area contributed by atoms with Crippen LogP contribution in [0, 0.1) is 5.92 Å². The maximum atomic E-state index is 13.1. The molecule has 0 aliphatic heterocycles. The second-order valence-corrected chi connectivity index (χ2v) is 10.9. The predicted molar refractivity (Wildman–Crippen MR) is 159 cm³/mol. The van der Waals surface area contributed by atoms with Crippen molar-refractivity contribution in [1.82, 2.24) is 20.2 Å². The summed E-state index contributed by atoms with van der Waals surface area (Å²) in [6.07, 6.45) is 1.48. The Hall–Kier alpha value is -4.57. The number of ketones is 1. The number of amides is 3. The van der Waals surface area contributed by atoms with Crippen LogP contribution in [0.3, 0.4) is 0 Å². The number of rotatable bonds is 11. The molecule has 0 fully saturated rings. The van der Waals surface area contributed by atoms with Gasteiger partial charge in [0, 0.05) is 29.1 Å². The summed E-state index contributed by atoms with van der Waals surface area (Å²) in [5, 5.41) is 4.56. The molecule has 212 valence electrons. The number of ether oxygens (including phenoxy) is 1. The molecule has 0 aliphatic carbocycles. The van der Waals surface area contributed by atoms with Crippen LogP contribution < -0.4 is 15.4 Å². The number of carbonyl (C=O) groups is 4. The standard InChI is InChI=1S/C31H32N4O5S/c1-5-32-31(39)34-29(38)26(37)27-24(16-23(41-27)15-19(2)3)21-13-11-20(12-14-21)17-35-25(18-36)30(40-4)33-28(35)22-9-7-6-8-10-22/h6-14,16,18-19H,5,15,17H2,1-4H3,(H2,32,34,38,39). The van der Waals surface area contributed by atoms with Gasteiger partial charge in [-0.15, -0.1) is 11.3 Å². The van der Waals surface area contributed by atoms with Gasteiger partial charge in [-0.3, -0.25) is 19.7 Å². The molecule has 0 bridgehead atoms. The van der Waals surface area contributed by atoms with Crippen molar-refractivity contribution in [2.24, 2.45) is 5.92 Å². The minimum Gasteiger partial charge on any atom is -0.479 e. The van der Waals surface area contributed by atoms with Crippen LogP contribution in [-0.2, 0) is 17.8 Å². The minimum absolute atomic E-state index is 0.250. The van der Waals surface area contributed by atoms with Gasteiger partial charge in [0.05, 0.1) is 12.0 Å². The van der Waals surface area contributed by atoms with Gasteiger partial charge in [-0.1, -0.05) is 68.4 Å². The normalized spacial score (nSPS) is 10.9. The number of imide groups is 1. The van der Waals surface area contributed by atoms with Crippen LogP contribution in [-0.4, -0.2) is 47.2 Å². The predicted octanol–water partition coefficient (Wildman–Crippen LogP) is 5.37. The lowest BCUT2D eigenvalue weighted by Gasteiger charge is -2.11. The smallest absolute Gasteiger partial charge is 0.321 e. The van der Waals surface area contributed by atoms with E-state index in [4.69, 9.17) is 4.74 Å². The lowest BCUT2D eigenvalue weighted by atomic mass is 10.0. The van der Waals surface area contributed by atoms with E-state index in [9.17, 15) is 19.2 Å². The maximum Gasteiger partial charge on any atom is 0.321 e. The molecule has 9 nitrogen and oxygen atoms in total. The SMILES string of the molecule is CCNC(=O)NC(=O)C(=O)c1sc(CC(C)C)cc1-c1ccc(Cn2c(-c3ccccc3)nc(OC)c2C=O)cc1. The Morgan fingerprint density at radius 1 is 1.05 bits per heavy atom. The van der Waals surface area contributed by atoms with Gasteiger partial charge in [0.1, 0.15) is 11.5 Å². The van der Waals surface area contributed by atoms with E-state index in [-0.39, 0.29) is 10.8 Å². The first-order valence-electron chi connectivity index (χ1n) is 13.3. The zero-order valence-electron chi connectivity index (χ0n) is 23.4. The van der Waals surface area contributed by atoms with Gasteiger partial charge in [0.2, 0.25) is 5.88 Å². The van der Waals surface area contributed by atoms with E-state index in [0.29, 0.717) is 36.1 Å². The van der Waals surface area contributed by atoms with Crippen molar-refractivity contribution in [1.29, 1.82) is 0 Å². The number of methoxy groups -OCH3 is 1. The molecule has 2 aromatic carbocycles. The number of hydrogen-bond acceptors (Lipinski definition) is 7. The van der Waals surface area contributed by atoms with E-state index in [2.05, 4.69) is 29.5 Å². The first kappa shape index (κ1) is 29.4. The molecule has 2 N–H and O–H groups in total. The van der Waals surface area contributed by atoms with Crippen molar-refractivity contribution >= 4 is 35.3 Å². The number of aldehydes is 1. The fourth-order valence-corrected chi connectivity index (χ4v) is 5.77. The molecular weight excluding hydrogens is 540 g/mol. The molecular formula is C31H32N4O5S. The second-order valence-electron chi connectivity index (χ2n) is 9.79. The van der Waals surface area contributed by atoms with Gasteiger partial charge in [-0.05, 0) is 36.5 Å². The van der Waals surface area contributed by atoms with E-state index in [1.165, 1.54) is 18.4 Å². The summed E-state index contributed by atoms with van der Waals surface area (Å²) in [5.74, 6) is -0.523. The number of aromatic nitrogens is 2. The van der Waals surface area contributed by atoms with Crippen LogP contribution in [0.15, 0.2) is 60.7 Å². The van der Waals surface area contributed by atoms with Crippen LogP contribution in [0.5, 0.6) is 5.88 Å². The molecule has 41 heavy (non-hydrogen) atoms. The van der Waals surface area contributed by atoms with Crippen molar-refractivity contribution < 1.29 is 23.9 Å². The average molecular weight is 573 g/mol. The Morgan fingerprint density at radius 3 is 2.37 bits per heavy atom. The Balaban J connectivity index is 1.67. The number of nitrogens with one attached hydrogen (secondary N) is 2. The molecule has 0 saturated heterocycles. The van der Waals surface area contributed by atoms with Crippen LogP contribution in [0.4, 0.5) is 4.79 Å². The van der Waals surface area contributed by atoms with Gasteiger partial charge in [-0.2, -0.15) is 4.98 Å². The van der Waals surface area contributed by atoms with Gasteiger partial charge < -0.3 is 14.6 Å². The van der Waals surface area contributed by atoms with Gasteiger partial charge in [0.15, 0.2) is 6.29 Å². The Kier molecular flexibility index (Phi) is 9.46. The molecule has 0 saturated carbocycles. The number of imidazole rings is 1. The van der Waals surface area contributed by atoms with Crippen molar-refractivity contribution in [3.63, 3.8) is 0 Å². The molecule has 0 radical (unpaired) electrons. The summed E-state index contributed by atoms with van der Waals surface area (Å²) in [4.78, 5) is 55.3. The molecule has 3 amide bonds. The fourth-order valence-electron chi connectivity index (χ4n) is 4.44. The van der Waals surface area contributed by atoms with Gasteiger partial charge in [-0.25, -0.2) is 4.79 Å². The number of urea groups is 1. The Labute approximate surface area is 242 Å². The fraction of sp³-hybridized carbons (Fsp3) is 0.258. The highest BCUT2D eigenvalue weighted by atomic mass is 32.1. The summed E-state index contributed by atoms with van der Waals surface area (Å²) in [6.45, 7) is 6.57. The van der Waals surface area contributed by atoms with E-state index < -0.39 is 17.7 Å². The molecule has 4 aromatic rings. The third-order valence-corrected chi connectivity index (χ3v) is 7.44. The summed E-state index contributed by atoms with van der Waals surface area (Å²) >= 11 is 1.27. The summed E-state index contributed by atoms with van der Waals surface area (Å²) in [7, 11) is 1.48. The number of carbonyl (C=O) groups excluding carboxylic acids is 4. The lowest BCUT2D eigenvalue weighted by molar-refractivity contribution is -0.116. The molecule has 10 heteroatoms. The number of Topliss-reactive ketones (excluding diaryl/α,β-unsaturated/α-hetero) is 1. The number of hydrogen-bond donors (Lipinski definition) is 2. The van der Waals surface area contributed by atoms with E-state index in [0.717, 1.165) is 34.3 Å². The molecule has 0 aliphatic rings.